The standard InChI is InChI=1S/C16H13FN4O3S/c17-11-4-1-3-10(9-11)14(22)18-6-7-19-15(23)16-20-13(21-24-16)12-5-2-8-25-12/h1-5,8-9H,6-7H2,(H,18,22)(H,19,23). The molecule has 0 aliphatic carbocycles. The van der Waals surface area contributed by atoms with Crippen molar-refractivity contribution in [3.05, 3.63) is 59.0 Å². The van der Waals surface area contributed by atoms with E-state index < -0.39 is 17.6 Å². The summed E-state index contributed by atoms with van der Waals surface area (Å²) in [7, 11) is 0. The van der Waals surface area contributed by atoms with Crippen molar-refractivity contribution in [2.24, 2.45) is 0 Å². The maximum absolute atomic E-state index is 13.1. The Morgan fingerprint density at radius 3 is 2.64 bits per heavy atom. The summed E-state index contributed by atoms with van der Waals surface area (Å²) in [5.74, 6) is -1.25. The van der Waals surface area contributed by atoms with E-state index in [0.29, 0.717) is 5.82 Å². The van der Waals surface area contributed by atoms with E-state index in [1.54, 1.807) is 0 Å². The molecule has 0 unspecified atom stereocenters. The molecule has 25 heavy (non-hydrogen) atoms. The SMILES string of the molecule is O=C(NCCNC(=O)c1nc(-c2cccs2)no1)c1cccc(F)c1. The fourth-order valence-electron chi connectivity index (χ4n) is 1.98. The van der Waals surface area contributed by atoms with Crippen LogP contribution in [0.1, 0.15) is 21.0 Å². The highest BCUT2D eigenvalue weighted by Gasteiger charge is 2.16. The first kappa shape index (κ1) is 16.8. The van der Waals surface area contributed by atoms with Crippen molar-refractivity contribution < 1.29 is 18.5 Å². The lowest BCUT2D eigenvalue weighted by molar-refractivity contribution is 0.0898. The van der Waals surface area contributed by atoms with Gasteiger partial charge in [0.25, 0.3) is 5.91 Å². The molecule has 0 fully saturated rings. The Hall–Kier alpha value is -3.07. The molecule has 0 radical (unpaired) electrons. The molecule has 7 nitrogen and oxygen atoms in total. The number of halogens is 1. The Morgan fingerprint density at radius 2 is 1.92 bits per heavy atom. The van der Waals surface area contributed by atoms with Crippen LogP contribution in [-0.4, -0.2) is 35.0 Å². The molecule has 0 atom stereocenters. The summed E-state index contributed by atoms with van der Waals surface area (Å²) in [6, 6.07) is 9.01. The van der Waals surface area contributed by atoms with Crippen molar-refractivity contribution >= 4 is 23.2 Å². The number of hydrogen-bond donors (Lipinski definition) is 2. The van der Waals surface area contributed by atoms with Crippen LogP contribution in [0.3, 0.4) is 0 Å². The first-order chi connectivity index (χ1) is 12.1. The number of rotatable bonds is 6. The summed E-state index contributed by atoms with van der Waals surface area (Å²) in [5, 5.41) is 10.7. The molecule has 0 saturated carbocycles. The second-order valence-corrected chi connectivity index (χ2v) is 5.87. The zero-order valence-electron chi connectivity index (χ0n) is 12.9. The number of thiophene rings is 1. The molecule has 1 aromatic carbocycles. The average Bonchev–Trinajstić information content (AvgIpc) is 3.29. The largest absolute Gasteiger partial charge is 0.350 e. The molecule has 0 aliphatic rings. The van der Waals surface area contributed by atoms with Gasteiger partial charge in [-0.25, -0.2) is 4.39 Å². The first-order valence-electron chi connectivity index (χ1n) is 7.33. The van der Waals surface area contributed by atoms with Gasteiger partial charge in [-0.1, -0.05) is 17.3 Å². The number of carbonyl (C=O) groups is 2. The Morgan fingerprint density at radius 1 is 1.12 bits per heavy atom. The minimum Gasteiger partial charge on any atom is -0.350 e. The van der Waals surface area contributed by atoms with Gasteiger partial charge in [-0.3, -0.25) is 9.59 Å². The lowest BCUT2D eigenvalue weighted by Crippen LogP contribution is -2.34. The van der Waals surface area contributed by atoms with E-state index in [4.69, 9.17) is 4.52 Å². The molecule has 9 heteroatoms. The first-order valence-corrected chi connectivity index (χ1v) is 8.21. The Balaban J connectivity index is 1.46. The monoisotopic (exact) mass is 360 g/mol. The highest BCUT2D eigenvalue weighted by Crippen LogP contribution is 2.21. The van der Waals surface area contributed by atoms with Gasteiger partial charge in [-0.05, 0) is 29.6 Å². The molecule has 128 valence electrons. The summed E-state index contributed by atoms with van der Waals surface area (Å²) < 4.78 is 18.0. The Labute approximate surface area is 145 Å². The normalized spacial score (nSPS) is 10.4. The Bertz CT molecular complexity index is 879. The molecule has 0 aliphatic heterocycles. The minimum atomic E-state index is -0.532. The third kappa shape index (κ3) is 4.27. The minimum absolute atomic E-state index is 0.153. The quantitative estimate of drug-likeness (QED) is 0.656. The van der Waals surface area contributed by atoms with E-state index in [9.17, 15) is 14.0 Å². The summed E-state index contributed by atoms with van der Waals surface area (Å²) in [5.41, 5.74) is 0.212. The van der Waals surface area contributed by atoms with Gasteiger partial charge in [0.1, 0.15) is 5.82 Å². The van der Waals surface area contributed by atoms with E-state index in [1.165, 1.54) is 29.5 Å². The van der Waals surface area contributed by atoms with Crippen molar-refractivity contribution in [2.75, 3.05) is 13.1 Å². The fraction of sp³-hybridized carbons (Fsp3) is 0.125. The Kier molecular flexibility index (Phi) is 5.14. The maximum atomic E-state index is 13.1. The van der Waals surface area contributed by atoms with Crippen molar-refractivity contribution in [1.82, 2.24) is 20.8 Å². The topological polar surface area (TPSA) is 97.1 Å². The van der Waals surface area contributed by atoms with Crippen LogP contribution in [0.4, 0.5) is 4.39 Å². The summed E-state index contributed by atoms with van der Waals surface area (Å²) in [4.78, 5) is 28.5. The number of hydrogen-bond acceptors (Lipinski definition) is 6. The molecule has 0 spiro atoms. The highest BCUT2D eigenvalue weighted by molar-refractivity contribution is 7.13. The van der Waals surface area contributed by atoms with Crippen LogP contribution in [0.5, 0.6) is 0 Å². The van der Waals surface area contributed by atoms with Gasteiger partial charge in [-0.15, -0.1) is 11.3 Å². The van der Waals surface area contributed by atoms with E-state index >= 15 is 0 Å². The van der Waals surface area contributed by atoms with E-state index in [0.717, 1.165) is 10.9 Å². The van der Waals surface area contributed by atoms with E-state index in [1.807, 2.05) is 17.5 Å². The molecule has 0 bridgehead atoms. The molecular formula is C16H13FN4O3S. The second kappa shape index (κ2) is 7.67. The van der Waals surface area contributed by atoms with Crippen LogP contribution in [-0.2, 0) is 0 Å². The van der Waals surface area contributed by atoms with Crippen LogP contribution in [0.15, 0.2) is 46.3 Å². The molecule has 3 aromatic rings. The van der Waals surface area contributed by atoms with Gasteiger partial charge in [0, 0.05) is 18.7 Å². The molecule has 2 heterocycles. The highest BCUT2D eigenvalue weighted by atomic mass is 32.1. The fourth-order valence-corrected chi connectivity index (χ4v) is 2.63. The predicted molar refractivity (Wildman–Crippen MR) is 88.7 cm³/mol. The number of nitrogens with one attached hydrogen (secondary N) is 2. The van der Waals surface area contributed by atoms with Crippen LogP contribution in [0, 0.1) is 5.82 Å². The molecule has 3 rings (SSSR count). The lowest BCUT2D eigenvalue weighted by Gasteiger charge is -2.05. The van der Waals surface area contributed by atoms with Crippen LogP contribution < -0.4 is 10.6 Å². The molecule has 2 aromatic heterocycles. The molecule has 2 amide bonds. The zero-order valence-corrected chi connectivity index (χ0v) is 13.7. The third-order valence-electron chi connectivity index (χ3n) is 3.14. The summed E-state index contributed by atoms with van der Waals surface area (Å²) in [6.45, 7) is 0.337. The lowest BCUT2D eigenvalue weighted by atomic mass is 10.2. The van der Waals surface area contributed by atoms with Crippen LogP contribution in [0.25, 0.3) is 10.7 Å². The summed E-state index contributed by atoms with van der Waals surface area (Å²) in [6.07, 6.45) is 0. The maximum Gasteiger partial charge on any atom is 0.316 e. The molecule has 0 saturated heterocycles. The number of benzene rings is 1. The number of carbonyl (C=O) groups excluding carboxylic acids is 2. The third-order valence-corrected chi connectivity index (χ3v) is 4.01. The van der Waals surface area contributed by atoms with Gasteiger partial charge >= 0.3 is 11.8 Å². The van der Waals surface area contributed by atoms with Crippen molar-refractivity contribution in [3.8, 4) is 10.7 Å². The van der Waals surface area contributed by atoms with Gasteiger partial charge in [0.15, 0.2) is 0 Å². The van der Waals surface area contributed by atoms with Crippen molar-refractivity contribution in [3.63, 3.8) is 0 Å². The van der Waals surface area contributed by atoms with Crippen molar-refractivity contribution in [1.29, 1.82) is 0 Å². The number of amides is 2. The number of nitrogens with zero attached hydrogens (tertiary/aromatic N) is 2. The van der Waals surface area contributed by atoms with E-state index in [2.05, 4.69) is 20.8 Å². The predicted octanol–water partition coefficient (Wildman–Crippen LogP) is 2.10. The van der Waals surface area contributed by atoms with Crippen LogP contribution >= 0.6 is 11.3 Å². The zero-order chi connectivity index (χ0) is 17.6. The molecular weight excluding hydrogens is 347 g/mol. The van der Waals surface area contributed by atoms with E-state index in [-0.39, 0.29) is 24.5 Å². The van der Waals surface area contributed by atoms with Gasteiger partial charge in [0.05, 0.1) is 4.88 Å². The van der Waals surface area contributed by atoms with Gasteiger partial charge in [-0.2, -0.15) is 4.98 Å². The number of aromatic nitrogens is 2. The van der Waals surface area contributed by atoms with Crippen LogP contribution in [0.2, 0.25) is 0 Å². The molecule has 2 N–H and O–H groups in total. The smallest absolute Gasteiger partial charge is 0.316 e. The van der Waals surface area contributed by atoms with Gasteiger partial charge in [0.2, 0.25) is 5.82 Å². The summed E-state index contributed by atoms with van der Waals surface area (Å²) >= 11 is 1.43. The van der Waals surface area contributed by atoms with Crippen molar-refractivity contribution in [2.45, 2.75) is 0 Å². The van der Waals surface area contributed by atoms with Gasteiger partial charge < -0.3 is 15.2 Å². The average molecular weight is 360 g/mol. The second-order valence-electron chi connectivity index (χ2n) is 4.92.